The summed E-state index contributed by atoms with van der Waals surface area (Å²) in [5, 5.41) is 3.60. The second-order valence-electron chi connectivity index (χ2n) is 6.68. The smallest absolute Gasteiger partial charge is 0.161 e. The summed E-state index contributed by atoms with van der Waals surface area (Å²) in [5.74, 6) is 2.15. The molecule has 1 unspecified atom stereocenters. The van der Waals surface area contributed by atoms with Crippen molar-refractivity contribution in [1.29, 1.82) is 0 Å². The highest BCUT2D eigenvalue weighted by Gasteiger charge is 2.32. The number of rotatable bonds is 5. The molecular formula is C20H22FNO2. The van der Waals surface area contributed by atoms with Gasteiger partial charge in [-0.25, -0.2) is 4.39 Å². The molecule has 2 aliphatic rings. The SMILES string of the molecule is Cc1ccc(CNC(c2ccc3c(c2)OCCO3)C2CC2)cc1F. The van der Waals surface area contributed by atoms with Crippen LogP contribution in [0.4, 0.5) is 4.39 Å². The van der Waals surface area contributed by atoms with Gasteiger partial charge >= 0.3 is 0 Å². The fourth-order valence-electron chi connectivity index (χ4n) is 3.21. The lowest BCUT2D eigenvalue weighted by Crippen LogP contribution is -2.23. The van der Waals surface area contributed by atoms with E-state index in [4.69, 9.17) is 9.47 Å². The molecule has 0 aromatic heterocycles. The average molecular weight is 327 g/mol. The molecule has 1 atom stereocenters. The van der Waals surface area contributed by atoms with E-state index in [0.717, 1.165) is 17.1 Å². The van der Waals surface area contributed by atoms with Gasteiger partial charge in [-0.1, -0.05) is 18.2 Å². The Labute approximate surface area is 141 Å². The lowest BCUT2D eigenvalue weighted by atomic mass is 10.0. The first-order valence-corrected chi connectivity index (χ1v) is 8.58. The average Bonchev–Trinajstić information content (AvgIpc) is 3.43. The Hall–Kier alpha value is -2.07. The Morgan fingerprint density at radius 3 is 2.62 bits per heavy atom. The topological polar surface area (TPSA) is 30.5 Å². The predicted octanol–water partition coefficient (Wildman–Crippen LogP) is 4.15. The lowest BCUT2D eigenvalue weighted by Gasteiger charge is -2.23. The fraction of sp³-hybridized carbons (Fsp3) is 0.400. The number of hydrogen-bond donors (Lipinski definition) is 1. The fourth-order valence-corrected chi connectivity index (χ4v) is 3.21. The van der Waals surface area contributed by atoms with Crippen LogP contribution in [0, 0.1) is 18.7 Å². The predicted molar refractivity (Wildman–Crippen MR) is 90.9 cm³/mol. The minimum absolute atomic E-state index is 0.142. The summed E-state index contributed by atoms with van der Waals surface area (Å²) < 4.78 is 25.0. The van der Waals surface area contributed by atoms with Crippen LogP contribution in [0.1, 0.15) is 35.6 Å². The Kier molecular flexibility index (Phi) is 4.15. The first-order valence-electron chi connectivity index (χ1n) is 8.58. The molecule has 24 heavy (non-hydrogen) atoms. The Bertz CT molecular complexity index is 742. The molecule has 3 nitrogen and oxygen atoms in total. The Balaban J connectivity index is 1.51. The number of hydrogen-bond acceptors (Lipinski definition) is 3. The summed E-state index contributed by atoms with van der Waals surface area (Å²) in [5.41, 5.74) is 2.87. The van der Waals surface area contributed by atoms with Crippen LogP contribution in [0.15, 0.2) is 36.4 Å². The van der Waals surface area contributed by atoms with Gasteiger partial charge in [0.2, 0.25) is 0 Å². The second-order valence-corrected chi connectivity index (χ2v) is 6.68. The molecular weight excluding hydrogens is 305 g/mol. The van der Waals surface area contributed by atoms with E-state index in [-0.39, 0.29) is 11.9 Å². The minimum atomic E-state index is -0.142. The third-order valence-electron chi connectivity index (χ3n) is 4.78. The highest BCUT2D eigenvalue weighted by molar-refractivity contribution is 5.45. The molecule has 1 heterocycles. The summed E-state index contributed by atoms with van der Waals surface area (Å²) in [6.07, 6.45) is 2.46. The minimum Gasteiger partial charge on any atom is -0.486 e. The van der Waals surface area contributed by atoms with Crippen molar-refractivity contribution in [3.8, 4) is 11.5 Å². The molecule has 126 valence electrons. The van der Waals surface area contributed by atoms with Crippen molar-refractivity contribution in [1.82, 2.24) is 5.32 Å². The molecule has 4 heteroatoms. The summed E-state index contributed by atoms with van der Waals surface area (Å²) in [6, 6.07) is 11.9. The molecule has 2 aromatic rings. The molecule has 0 bridgehead atoms. The standard InChI is InChI=1S/C20H22FNO2/c1-13-2-3-14(10-17(13)21)12-22-20(15-4-5-15)16-6-7-18-19(11-16)24-9-8-23-18/h2-3,6-7,10-11,15,20,22H,4-5,8-9,12H2,1H3. The largest absolute Gasteiger partial charge is 0.486 e. The molecule has 0 spiro atoms. The highest BCUT2D eigenvalue weighted by atomic mass is 19.1. The van der Waals surface area contributed by atoms with Crippen molar-refractivity contribution in [3.63, 3.8) is 0 Å². The van der Waals surface area contributed by atoms with E-state index in [1.165, 1.54) is 18.4 Å². The molecule has 0 amide bonds. The zero-order chi connectivity index (χ0) is 16.5. The number of halogens is 1. The lowest BCUT2D eigenvalue weighted by molar-refractivity contribution is 0.171. The molecule has 1 aliphatic heterocycles. The number of aryl methyl sites for hydroxylation is 1. The van der Waals surface area contributed by atoms with Gasteiger partial charge in [0.25, 0.3) is 0 Å². The van der Waals surface area contributed by atoms with E-state index in [9.17, 15) is 4.39 Å². The van der Waals surface area contributed by atoms with Gasteiger partial charge in [0, 0.05) is 12.6 Å². The maximum Gasteiger partial charge on any atom is 0.161 e. The summed E-state index contributed by atoms with van der Waals surface area (Å²) in [7, 11) is 0. The van der Waals surface area contributed by atoms with E-state index < -0.39 is 0 Å². The van der Waals surface area contributed by atoms with Crippen molar-refractivity contribution in [3.05, 3.63) is 58.9 Å². The van der Waals surface area contributed by atoms with Crippen molar-refractivity contribution in [2.24, 2.45) is 5.92 Å². The van der Waals surface area contributed by atoms with Crippen molar-refractivity contribution in [2.45, 2.75) is 32.4 Å². The van der Waals surface area contributed by atoms with Gasteiger partial charge in [-0.3, -0.25) is 0 Å². The normalized spacial score (nSPS) is 17.6. The maximum atomic E-state index is 13.7. The molecule has 1 saturated carbocycles. The number of fused-ring (bicyclic) bond motifs is 1. The molecule has 1 fully saturated rings. The quantitative estimate of drug-likeness (QED) is 0.895. The van der Waals surface area contributed by atoms with Crippen LogP contribution in [0.25, 0.3) is 0 Å². The van der Waals surface area contributed by atoms with Crippen LogP contribution < -0.4 is 14.8 Å². The summed E-state index contributed by atoms with van der Waals surface area (Å²) in [4.78, 5) is 0. The first kappa shape index (κ1) is 15.5. The molecule has 0 saturated heterocycles. The van der Waals surface area contributed by atoms with Crippen LogP contribution in [-0.4, -0.2) is 13.2 Å². The van der Waals surface area contributed by atoms with Crippen LogP contribution in [0.3, 0.4) is 0 Å². The van der Waals surface area contributed by atoms with Gasteiger partial charge in [0.05, 0.1) is 0 Å². The number of benzene rings is 2. The van der Waals surface area contributed by atoms with Crippen LogP contribution >= 0.6 is 0 Å². The molecule has 2 aromatic carbocycles. The molecule has 0 radical (unpaired) electrons. The van der Waals surface area contributed by atoms with Crippen LogP contribution in [0.2, 0.25) is 0 Å². The second kappa shape index (κ2) is 6.44. The van der Waals surface area contributed by atoms with Gasteiger partial charge in [-0.05, 0) is 60.6 Å². The van der Waals surface area contributed by atoms with E-state index in [1.807, 2.05) is 18.2 Å². The maximum absolute atomic E-state index is 13.7. The van der Waals surface area contributed by atoms with Gasteiger partial charge < -0.3 is 14.8 Å². The van der Waals surface area contributed by atoms with Crippen molar-refractivity contribution >= 4 is 0 Å². The Morgan fingerprint density at radius 2 is 1.88 bits per heavy atom. The zero-order valence-corrected chi connectivity index (χ0v) is 13.8. The van der Waals surface area contributed by atoms with Crippen LogP contribution in [-0.2, 0) is 6.54 Å². The molecule has 1 aliphatic carbocycles. The summed E-state index contributed by atoms with van der Waals surface area (Å²) >= 11 is 0. The monoisotopic (exact) mass is 327 g/mol. The number of nitrogens with one attached hydrogen (secondary N) is 1. The van der Waals surface area contributed by atoms with Crippen molar-refractivity contribution in [2.75, 3.05) is 13.2 Å². The van der Waals surface area contributed by atoms with Gasteiger partial charge in [0.1, 0.15) is 19.0 Å². The first-order chi connectivity index (χ1) is 11.7. The van der Waals surface area contributed by atoms with Gasteiger partial charge in [-0.15, -0.1) is 0 Å². The third kappa shape index (κ3) is 3.24. The van der Waals surface area contributed by atoms with Gasteiger partial charge in [-0.2, -0.15) is 0 Å². The highest BCUT2D eigenvalue weighted by Crippen LogP contribution is 2.43. The molecule has 4 rings (SSSR count). The summed E-state index contributed by atoms with van der Waals surface area (Å²) in [6.45, 7) is 3.65. The van der Waals surface area contributed by atoms with E-state index in [2.05, 4.69) is 17.4 Å². The van der Waals surface area contributed by atoms with Crippen molar-refractivity contribution < 1.29 is 13.9 Å². The Morgan fingerprint density at radius 1 is 1.08 bits per heavy atom. The van der Waals surface area contributed by atoms with Gasteiger partial charge in [0.15, 0.2) is 11.5 Å². The number of ether oxygens (including phenoxy) is 2. The van der Waals surface area contributed by atoms with E-state index in [0.29, 0.717) is 31.2 Å². The molecule has 1 N–H and O–H groups in total. The van der Waals surface area contributed by atoms with Crippen LogP contribution in [0.5, 0.6) is 11.5 Å². The van der Waals surface area contributed by atoms with E-state index in [1.54, 1.807) is 13.0 Å². The van der Waals surface area contributed by atoms with E-state index >= 15 is 0 Å². The third-order valence-corrected chi connectivity index (χ3v) is 4.78. The zero-order valence-electron chi connectivity index (χ0n) is 13.8.